The first-order valence-corrected chi connectivity index (χ1v) is 4.91. The van der Waals surface area contributed by atoms with Crippen molar-refractivity contribution in [3.8, 4) is 0 Å². The van der Waals surface area contributed by atoms with E-state index >= 15 is 0 Å². The van der Waals surface area contributed by atoms with Crippen LogP contribution in [0.15, 0.2) is 27.5 Å². The normalized spacial score (nSPS) is 10.4. The molecule has 0 aliphatic heterocycles. The van der Waals surface area contributed by atoms with Crippen LogP contribution in [0.5, 0.6) is 0 Å². The summed E-state index contributed by atoms with van der Waals surface area (Å²) in [5.41, 5.74) is 7.03. The van der Waals surface area contributed by atoms with E-state index in [1.54, 1.807) is 22.9 Å². The number of carbonyl (C=O) groups is 1. The van der Waals surface area contributed by atoms with E-state index in [9.17, 15) is 4.79 Å². The molecule has 74 valence electrons. The second kappa shape index (κ2) is 4.94. The molecule has 0 unspecified atom stereocenters. The number of nitrogens with zero attached hydrogens (tertiary/aromatic N) is 2. The van der Waals surface area contributed by atoms with Gasteiger partial charge in [0, 0.05) is 0 Å². The van der Waals surface area contributed by atoms with E-state index < -0.39 is 6.03 Å². The van der Waals surface area contributed by atoms with Crippen molar-refractivity contribution in [3.05, 3.63) is 29.8 Å². The maximum absolute atomic E-state index is 11.0. The number of anilines is 1. The fraction of sp³-hybridized carbons (Fsp3) is 0.111. The average molecular weight is 303 g/mol. The van der Waals surface area contributed by atoms with Crippen LogP contribution in [-0.2, 0) is 0 Å². The number of urea groups is 1. The first-order valence-electron chi connectivity index (χ1n) is 3.95. The SMILES string of the molecule is Cc1ccc(N(C=NI)C(N)=O)cc1. The number of carbonyl (C=O) groups excluding carboxylic acids is 1. The summed E-state index contributed by atoms with van der Waals surface area (Å²) in [5.74, 6) is 0. The highest BCUT2D eigenvalue weighted by Crippen LogP contribution is 2.13. The Morgan fingerprint density at radius 3 is 2.50 bits per heavy atom. The maximum atomic E-state index is 11.0. The van der Waals surface area contributed by atoms with Gasteiger partial charge in [0.25, 0.3) is 0 Å². The predicted octanol–water partition coefficient (Wildman–Crippen LogP) is 2.26. The van der Waals surface area contributed by atoms with Crippen LogP contribution in [-0.4, -0.2) is 12.4 Å². The Kier molecular flexibility index (Phi) is 3.87. The number of hydrogen-bond donors (Lipinski definition) is 1. The van der Waals surface area contributed by atoms with Gasteiger partial charge in [0.05, 0.1) is 28.6 Å². The molecule has 0 aliphatic carbocycles. The largest absolute Gasteiger partial charge is 0.351 e. The predicted molar refractivity (Wildman–Crippen MR) is 65.8 cm³/mol. The van der Waals surface area contributed by atoms with Gasteiger partial charge < -0.3 is 5.73 Å². The molecule has 0 aliphatic rings. The summed E-state index contributed by atoms with van der Waals surface area (Å²) in [4.78, 5) is 12.3. The topological polar surface area (TPSA) is 58.7 Å². The van der Waals surface area contributed by atoms with E-state index in [0.29, 0.717) is 5.69 Å². The second-order valence-electron chi connectivity index (χ2n) is 2.76. The number of rotatable bonds is 2. The van der Waals surface area contributed by atoms with Gasteiger partial charge in [0.2, 0.25) is 0 Å². The Morgan fingerprint density at radius 2 is 2.07 bits per heavy atom. The molecule has 0 saturated carbocycles. The Hall–Kier alpha value is -1.11. The van der Waals surface area contributed by atoms with Gasteiger partial charge in [-0.25, -0.2) is 8.00 Å². The number of nitrogens with two attached hydrogens (primary N) is 1. The molecule has 0 bridgehead atoms. The lowest BCUT2D eigenvalue weighted by atomic mass is 10.2. The molecule has 1 rings (SSSR count). The summed E-state index contributed by atoms with van der Waals surface area (Å²) in [6.45, 7) is 1.98. The Labute approximate surface area is 96.3 Å². The molecular formula is C9H10IN3O. The molecule has 0 radical (unpaired) electrons. The van der Waals surface area contributed by atoms with Crippen LogP contribution in [0.1, 0.15) is 5.56 Å². The van der Waals surface area contributed by atoms with Crippen molar-refractivity contribution in [3.63, 3.8) is 0 Å². The van der Waals surface area contributed by atoms with Gasteiger partial charge >= 0.3 is 6.03 Å². The third-order valence-electron chi connectivity index (χ3n) is 1.71. The molecule has 2 amide bonds. The van der Waals surface area contributed by atoms with E-state index in [1.807, 2.05) is 31.2 Å². The van der Waals surface area contributed by atoms with Crippen LogP contribution in [0.4, 0.5) is 10.5 Å². The van der Waals surface area contributed by atoms with E-state index in [0.717, 1.165) is 5.56 Å². The third kappa shape index (κ3) is 2.69. The van der Waals surface area contributed by atoms with Crippen molar-refractivity contribution in [1.82, 2.24) is 0 Å². The van der Waals surface area contributed by atoms with E-state index in [1.165, 1.54) is 11.2 Å². The lowest BCUT2D eigenvalue weighted by molar-refractivity contribution is 0.256. The fourth-order valence-corrected chi connectivity index (χ4v) is 1.25. The van der Waals surface area contributed by atoms with Gasteiger partial charge in [-0.1, -0.05) is 17.7 Å². The zero-order valence-electron chi connectivity index (χ0n) is 7.64. The van der Waals surface area contributed by atoms with Crippen molar-refractivity contribution >= 4 is 40.9 Å². The molecule has 2 N–H and O–H groups in total. The molecule has 0 fully saturated rings. The van der Waals surface area contributed by atoms with Crippen LogP contribution in [0.25, 0.3) is 0 Å². The Balaban J connectivity index is 2.99. The molecule has 0 spiro atoms. The van der Waals surface area contributed by atoms with E-state index in [2.05, 4.69) is 3.21 Å². The first-order chi connectivity index (χ1) is 6.65. The standard InChI is InChI=1S/C9H10IN3O/c1-7-2-4-8(5-3-7)13(6-12-10)9(11)14/h2-6H,1H3,(H2,11,14). The zero-order valence-corrected chi connectivity index (χ0v) is 9.80. The monoisotopic (exact) mass is 303 g/mol. The molecule has 14 heavy (non-hydrogen) atoms. The summed E-state index contributed by atoms with van der Waals surface area (Å²) < 4.78 is 3.73. The smallest absolute Gasteiger partial charge is 0.324 e. The van der Waals surface area contributed by atoms with Crippen LogP contribution < -0.4 is 10.6 Å². The highest BCUT2D eigenvalue weighted by atomic mass is 127. The summed E-state index contributed by atoms with van der Waals surface area (Å²) in [5, 5.41) is 0. The highest BCUT2D eigenvalue weighted by molar-refractivity contribution is 14.1. The average Bonchev–Trinajstić information content (AvgIpc) is 2.15. The Morgan fingerprint density at radius 1 is 1.50 bits per heavy atom. The molecule has 1 aromatic rings. The molecule has 0 heterocycles. The summed E-state index contributed by atoms with van der Waals surface area (Å²) in [7, 11) is 0. The number of benzene rings is 1. The number of hydrogen-bond acceptors (Lipinski definition) is 2. The van der Waals surface area contributed by atoms with Crippen molar-refractivity contribution in [2.75, 3.05) is 4.90 Å². The van der Waals surface area contributed by atoms with Gasteiger partial charge in [-0.15, -0.1) is 0 Å². The zero-order chi connectivity index (χ0) is 10.6. The van der Waals surface area contributed by atoms with Gasteiger partial charge in [0.15, 0.2) is 0 Å². The third-order valence-corrected chi connectivity index (χ3v) is 1.96. The number of halogens is 1. The number of aryl methyl sites for hydroxylation is 1. The molecule has 0 saturated heterocycles. The Bertz CT molecular complexity index is 348. The van der Waals surface area contributed by atoms with E-state index in [-0.39, 0.29) is 0 Å². The maximum Gasteiger partial charge on any atom is 0.324 e. The lowest BCUT2D eigenvalue weighted by Crippen LogP contribution is -2.34. The van der Waals surface area contributed by atoms with Crippen LogP contribution in [0.2, 0.25) is 0 Å². The highest BCUT2D eigenvalue weighted by Gasteiger charge is 2.08. The van der Waals surface area contributed by atoms with Crippen molar-refractivity contribution in [2.45, 2.75) is 6.92 Å². The number of primary amides is 1. The van der Waals surface area contributed by atoms with Crippen LogP contribution in [0, 0.1) is 6.92 Å². The van der Waals surface area contributed by atoms with Crippen molar-refractivity contribution < 1.29 is 4.79 Å². The molecule has 0 atom stereocenters. The first kappa shape index (κ1) is 11.0. The van der Waals surface area contributed by atoms with Crippen molar-refractivity contribution in [2.24, 2.45) is 8.94 Å². The lowest BCUT2D eigenvalue weighted by Gasteiger charge is -2.14. The second-order valence-corrected chi connectivity index (χ2v) is 3.31. The summed E-state index contributed by atoms with van der Waals surface area (Å²) in [6.07, 6.45) is 1.38. The minimum absolute atomic E-state index is 0.547. The van der Waals surface area contributed by atoms with Gasteiger partial charge in [-0.2, -0.15) is 0 Å². The number of amides is 2. The van der Waals surface area contributed by atoms with Crippen molar-refractivity contribution in [1.29, 1.82) is 0 Å². The molecule has 1 aromatic carbocycles. The molecule has 5 heteroatoms. The van der Waals surface area contributed by atoms with E-state index in [4.69, 9.17) is 5.73 Å². The van der Waals surface area contributed by atoms with Gasteiger partial charge in [-0.05, 0) is 19.1 Å². The fourth-order valence-electron chi connectivity index (χ4n) is 1.000. The van der Waals surface area contributed by atoms with Crippen LogP contribution in [0.3, 0.4) is 0 Å². The molecular weight excluding hydrogens is 293 g/mol. The molecule has 0 aromatic heterocycles. The van der Waals surface area contributed by atoms with Gasteiger partial charge in [0.1, 0.15) is 6.34 Å². The minimum atomic E-state index is -0.547. The van der Waals surface area contributed by atoms with Crippen LogP contribution >= 0.6 is 22.9 Å². The molecule has 4 nitrogen and oxygen atoms in total. The van der Waals surface area contributed by atoms with Gasteiger partial charge in [-0.3, -0.25) is 4.90 Å². The summed E-state index contributed by atoms with van der Waals surface area (Å²) >= 11 is 1.79. The minimum Gasteiger partial charge on any atom is -0.351 e. The summed E-state index contributed by atoms with van der Waals surface area (Å²) in [6, 6.07) is 6.91. The quantitative estimate of drug-likeness (QED) is 0.508.